The van der Waals surface area contributed by atoms with Gasteiger partial charge in [-0.25, -0.2) is 8.42 Å². The lowest BCUT2D eigenvalue weighted by Gasteiger charge is -2.35. The summed E-state index contributed by atoms with van der Waals surface area (Å²) >= 11 is 0. The number of rotatable bonds is 5. The molecule has 1 saturated carbocycles. The molecule has 0 bridgehead atoms. The third-order valence-electron chi connectivity index (χ3n) is 3.88. The van der Waals surface area contributed by atoms with Crippen LogP contribution in [0, 0.1) is 5.41 Å². The van der Waals surface area contributed by atoms with E-state index in [2.05, 4.69) is 26.1 Å². The highest BCUT2D eigenvalue weighted by Crippen LogP contribution is 2.29. The van der Waals surface area contributed by atoms with Crippen molar-refractivity contribution in [3.8, 4) is 0 Å². The highest BCUT2D eigenvalue weighted by atomic mass is 32.2. The third kappa shape index (κ3) is 4.21. The van der Waals surface area contributed by atoms with Crippen molar-refractivity contribution in [1.82, 2.24) is 5.32 Å². The van der Waals surface area contributed by atoms with Gasteiger partial charge in [0.05, 0.1) is 5.25 Å². The van der Waals surface area contributed by atoms with E-state index in [1.54, 1.807) is 0 Å². The van der Waals surface area contributed by atoms with Gasteiger partial charge >= 0.3 is 0 Å². The number of sulfone groups is 1. The number of aliphatic hydroxyl groups excluding tert-OH is 1. The zero-order valence-electron chi connectivity index (χ0n) is 11.9. The molecule has 0 aliphatic heterocycles. The van der Waals surface area contributed by atoms with Gasteiger partial charge in [-0.1, -0.05) is 27.2 Å². The zero-order chi connectivity index (χ0) is 14.0. The molecule has 1 fully saturated rings. The summed E-state index contributed by atoms with van der Waals surface area (Å²) in [6.07, 6.45) is 4.62. The van der Waals surface area contributed by atoms with Crippen molar-refractivity contribution >= 4 is 9.84 Å². The molecule has 1 rings (SSSR count). The highest BCUT2D eigenvalue weighted by molar-refractivity contribution is 7.91. The lowest BCUT2D eigenvalue weighted by molar-refractivity contribution is 0.186. The van der Waals surface area contributed by atoms with Crippen LogP contribution in [0.2, 0.25) is 0 Å². The molecule has 3 atom stereocenters. The van der Waals surface area contributed by atoms with Gasteiger partial charge in [0.15, 0.2) is 9.84 Å². The molecule has 0 aromatic heterocycles. The average molecular weight is 277 g/mol. The lowest BCUT2D eigenvalue weighted by Crippen LogP contribution is -2.50. The van der Waals surface area contributed by atoms with Crippen molar-refractivity contribution in [2.45, 2.75) is 63.8 Å². The minimum absolute atomic E-state index is 0.0212. The van der Waals surface area contributed by atoms with E-state index in [0.717, 1.165) is 19.3 Å². The molecule has 0 saturated heterocycles. The summed E-state index contributed by atoms with van der Waals surface area (Å²) in [7, 11) is -2.98. The molecule has 0 heterocycles. The van der Waals surface area contributed by atoms with Crippen LogP contribution in [-0.2, 0) is 9.84 Å². The molecule has 0 spiro atoms. The molecule has 1 aliphatic rings. The summed E-state index contributed by atoms with van der Waals surface area (Å²) in [6.45, 7) is 6.48. The van der Waals surface area contributed by atoms with Crippen molar-refractivity contribution in [2.75, 3.05) is 12.9 Å². The van der Waals surface area contributed by atoms with Crippen LogP contribution in [0.1, 0.15) is 46.5 Å². The highest BCUT2D eigenvalue weighted by Gasteiger charge is 2.37. The smallest absolute Gasteiger partial charge is 0.151 e. The fourth-order valence-electron chi connectivity index (χ4n) is 2.78. The predicted molar refractivity (Wildman–Crippen MR) is 74.4 cm³/mol. The van der Waals surface area contributed by atoms with E-state index in [-0.39, 0.29) is 29.4 Å². The van der Waals surface area contributed by atoms with Crippen LogP contribution in [-0.4, -0.2) is 43.7 Å². The first-order valence-corrected chi connectivity index (χ1v) is 8.67. The van der Waals surface area contributed by atoms with Crippen molar-refractivity contribution in [3.05, 3.63) is 0 Å². The monoisotopic (exact) mass is 277 g/mol. The van der Waals surface area contributed by atoms with Gasteiger partial charge in [-0.3, -0.25) is 0 Å². The molecule has 4 nitrogen and oxygen atoms in total. The van der Waals surface area contributed by atoms with Gasteiger partial charge in [0.1, 0.15) is 0 Å². The maximum absolute atomic E-state index is 11.7. The fourth-order valence-corrected chi connectivity index (χ4v) is 4.19. The standard InChI is InChI=1S/C13H27NO3S/c1-13(2,3)12(8-9-15)14-10-6-5-7-11(10)18(4,16)17/h10-12,14-15H,5-9H2,1-4H3. The van der Waals surface area contributed by atoms with E-state index in [1.807, 2.05) is 0 Å². The number of hydrogen-bond donors (Lipinski definition) is 2. The van der Waals surface area contributed by atoms with E-state index < -0.39 is 9.84 Å². The Morgan fingerprint density at radius 3 is 2.39 bits per heavy atom. The van der Waals surface area contributed by atoms with Crippen molar-refractivity contribution in [2.24, 2.45) is 5.41 Å². The van der Waals surface area contributed by atoms with Crippen LogP contribution < -0.4 is 5.32 Å². The van der Waals surface area contributed by atoms with Gasteiger partial charge in [0, 0.05) is 24.9 Å². The van der Waals surface area contributed by atoms with Crippen LogP contribution in [0.3, 0.4) is 0 Å². The molecule has 108 valence electrons. The second-order valence-electron chi connectivity index (χ2n) is 6.50. The summed E-state index contributed by atoms with van der Waals surface area (Å²) in [4.78, 5) is 0. The predicted octanol–water partition coefficient (Wildman–Crippen LogP) is 1.34. The lowest BCUT2D eigenvalue weighted by atomic mass is 9.84. The largest absolute Gasteiger partial charge is 0.396 e. The molecule has 2 N–H and O–H groups in total. The maximum Gasteiger partial charge on any atom is 0.151 e. The molecule has 0 aromatic rings. The van der Waals surface area contributed by atoms with Crippen LogP contribution in [0.15, 0.2) is 0 Å². The summed E-state index contributed by atoms with van der Waals surface area (Å²) in [5.74, 6) is 0. The van der Waals surface area contributed by atoms with Crippen molar-refractivity contribution < 1.29 is 13.5 Å². The Morgan fingerprint density at radius 1 is 1.33 bits per heavy atom. The van der Waals surface area contributed by atoms with E-state index in [1.165, 1.54) is 6.26 Å². The maximum atomic E-state index is 11.7. The Morgan fingerprint density at radius 2 is 1.94 bits per heavy atom. The van der Waals surface area contributed by atoms with E-state index >= 15 is 0 Å². The summed E-state index contributed by atoms with van der Waals surface area (Å²) in [6, 6.07) is 0.186. The van der Waals surface area contributed by atoms with Gasteiger partial charge in [-0.05, 0) is 24.7 Å². The second kappa shape index (κ2) is 5.88. The van der Waals surface area contributed by atoms with Crippen LogP contribution in [0.5, 0.6) is 0 Å². The first-order valence-electron chi connectivity index (χ1n) is 6.72. The SMILES string of the molecule is CC(C)(C)C(CCO)NC1CCCC1S(C)(=O)=O. The van der Waals surface area contributed by atoms with E-state index in [9.17, 15) is 8.42 Å². The van der Waals surface area contributed by atoms with Crippen LogP contribution in [0.4, 0.5) is 0 Å². The molecule has 1 aliphatic carbocycles. The third-order valence-corrected chi connectivity index (χ3v) is 5.55. The van der Waals surface area contributed by atoms with Crippen molar-refractivity contribution in [3.63, 3.8) is 0 Å². The van der Waals surface area contributed by atoms with Gasteiger partial charge < -0.3 is 10.4 Å². The molecule has 5 heteroatoms. The molecule has 3 unspecified atom stereocenters. The Labute approximate surface area is 111 Å². The van der Waals surface area contributed by atoms with Gasteiger partial charge in [-0.15, -0.1) is 0 Å². The molecule has 18 heavy (non-hydrogen) atoms. The topological polar surface area (TPSA) is 66.4 Å². The molecule has 0 radical (unpaired) electrons. The van der Waals surface area contributed by atoms with E-state index in [4.69, 9.17) is 5.11 Å². The van der Waals surface area contributed by atoms with Crippen molar-refractivity contribution in [1.29, 1.82) is 0 Å². The second-order valence-corrected chi connectivity index (χ2v) is 8.77. The minimum Gasteiger partial charge on any atom is -0.396 e. The Bertz CT molecular complexity index is 359. The molecule has 0 amide bonds. The Balaban J connectivity index is 2.75. The number of aliphatic hydroxyl groups is 1. The minimum atomic E-state index is -2.98. The molecular formula is C13H27NO3S. The molecular weight excluding hydrogens is 250 g/mol. The summed E-state index contributed by atoms with van der Waals surface area (Å²) < 4.78 is 23.5. The Hall–Kier alpha value is -0.130. The number of nitrogens with one attached hydrogen (secondary N) is 1. The number of hydrogen-bond acceptors (Lipinski definition) is 4. The molecule has 0 aromatic carbocycles. The first kappa shape index (κ1) is 15.9. The van der Waals surface area contributed by atoms with Crippen LogP contribution in [0.25, 0.3) is 0 Å². The van der Waals surface area contributed by atoms with E-state index in [0.29, 0.717) is 6.42 Å². The zero-order valence-corrected chi connectivity index (χ0v) is 12.8. The fraction of sp³-hybridized carbons (Fsp3) is 1.00. The van der Waals surface area contributed by atoms with Gasteiger partial charge in [0.2, 0.25) is 0 Å². The van der Waals surface area contributed by atoms with Gasteiger partial charge in [-0.2, -0.15) is 0 Å². The summed E-state index contributed by atoms with van der Waals surface area (Å²) in [5.41, 5.74) is 0.0212. The first-order chi connectivity index (χ1) is 8.16. The van der Waals surface area contributed by atoms with Crippen LogP contribution >= 0.6 is 0 Å². The normalized spacial score (nSPS) is 27.4. The average Bonchev–Trinajstić information content (AvgIpc) is 2.63. The Kier molecular flexibility index (Phi) is 5.21. The summed E-state index contributed by atoms with van der Waals surface area (Å²) in [5, 5.41) is 12.4. The quantitative estimate of drug-likeness (QED) is 0.796. The van der Waals surface area contributed by atoms with Gasteiger partial charge in [0.25, 0.3) is 0 Å².